The summed E-state index contributed by atoms with van der Waals surface area (Å²) in [6.07, 6.45) is 12.3. The van der Waals surface area contributed by atoms with Gasteiger partial charge in [0.1, 0.15) is 75.7 Å². The maximum Gasteiger partial charge on any atom is 0.324 e. The normalized spacial score (nSPS) is 19.2. The standard InChI is InChI=1S/C27H30FN7O2.C24H25FN6O.C23H24F2N6O.C22H23FN6O/c1-14-4-5-17(11-31-14)37-26-32-21-10-18-19(8-16(28)9-20(18)30-3)23(21)24(34-26)35-12-22(27(13-35)6-7-27)33-25(36)15(2)29;1-12-3-5-15(10-28-12)32-24-29-19-9-16-17(7-14(25)8-18(16)27-2)21(19)23(30-24)31-11-13-4-6-20(31)22(13)26;1-12-3-4-14(10-28-12)32-23-29-20-9-15-16(7-13(24)8-19(15)27-2)21(20)22(30-23)31-6-5-18(26)17(25)11-31;1-12-3-4-15(9-26-12)30-22-27-19-7-16-17(5-14(23)6-18(16)25-2)20(19)21(28-22)29-10-13(8-24)11-29/h4-5,8-9,11,15,22,30H,6-7,10,12-13,29H2,1-3H3,(H,33,36);3,5,7-8,10,13,20,22,27H,4,6,9,11,26H2,1-2H3;3-4,7-8,10,17-18,27H,5-6,9,11,26H2,1-2H3;3-6,9,13,25H,7-8,10-11,24H2,1-2H3/t15-,22+;;17-,18-;/m0.0./s1. The van der Waals surface area contributed by atoms with Gasteiger partial charge in [-0.25, -0.2) is 22.0 Å². The van der Waals surface area contributed by atoms with Crippen LogP contribution in [0.1, 0.15) is 107 Å². The molecule has 4 aliphatic heterocycles. The fourth-order valence-electron chi connectivity index (χ4n) is 19.4. The number of anilines is 8. The van der Waals surface area contributed by atoms with E-state index in [4.69, 9.17) is 66.8 Å². The lowest BCUT2D eigenvalue weighted by molar-refractivity contribution is -0.122. The molecular weight excluding hydrogens is 1680 g/mol. The molecule has 6 fully saturated rings. The highest BCUT2D eigenvalue weighted by Crippen LogP contribution is 2.57. The number of carbonyl (C=O) groups is 1. The maximum atomic E-state index is 14.6. The van der Waals surface area contributed by atoms with Crippen molar-refractivity contribution < 1.29 is 45.7 Å². The third-order valence-electron chi connectivity index (χ3n) is 26.5. The van der Waals surface area contributed by atoms with Crippen molar-refractivity contribution >= 4 is 51.9 Å². The van der Waals surface area contributed by atoms with Crippen LogP contribution in [0, 0.1) is 68.2 Å². The van der Waals surface area contributed by atoms with E-state index in [-0.39, 0.29) is 83.3 Å². The van der Waals surface area contributed by atoms with Gasteiger partial charge in [0.2, 0.25) is 5.91 Å². The molecule has 30 nitrogen and oxygen atoms in total. The molecule has 22 rings (SSSR count). The van der Waals surface area contributed by atoms with Gasteiger partial charge in [-0.2, -0.15) is 39.9 Å². The lowest BCUT2D eigenvalue weighted by atomic mass is 9.98. The van der Waals surface area contributed by atoms with E-state index in [1.54, 1.807) is 77.1 Å². The molecule has 13 N–H and O–H groups in total. The van der Waals surface area contributed by atoms with Crippen LogP contribution in [0.25, 0.3) is 44.5 Å². The Morgan fingerprint density at radius 2 is 0.840 bits per heavy atom. The van der Waals surface area contributed by atoms with Gasteiger partial charge in [-0.15, -0.1) is 0 Å². The molecule has 0 radical (unpaired) electrons. The fourth-order valence-corrected chi connectivity index (χ4v) is 19.4. The van der Waals surface area contributed by atoms with Gasteiger partial charge in [-0.3, -0.25) is 24.7 Å². The summed E-state index contributed by atoms with van der Waals surface area (Å²) in [5, 5.41) is 15.5. The molecular formula is C96H102F5N25O5. The summed E-state index contributed by atoms with van der Waals surface area (Å²) < 4.78 is 96.2. The van der Waals surface area contributed by atoms with Gasteiger partial charge in [0.05, 0.1) is 66.2 Å². The number of hydrogen-bond donors (Lipinski definition) is 9. The second-order valence-electron chi connectivity index (χ2n) is 35.3. The minimum atomic E-state index is -1.18. The molecule has 131 heavy (non-hydrogen) atoms. The van der Waals surface area contributed by atoms with Gasteiger partial charge < -0.3 is 88.1 Å². The molecule has 1 spiro atoms. The highest BCUT2D eigenvalue weighted by Gasteiger charge is 2.57. The van der Waals surface area contributed by atoms with Crippen LogP contribution in [0.3, 0.4) is 0 Å². The van der Waals surface area contributed by atoms with Crippen molar-refractivity contribution in [3.8, 4) is 91.5 Å². The Bertz CT molecular complexity index is 6410. The van der Waals surface area contributed by atoms with Crippen molar-refractivity contribution in [3.05, 3.63) is 213 Å². The van der Waals surface area contributed by atoms with Crippen molar-refractivity contribution in [1.29, 1.82) is 0 Å². The van der Waals surface area contributed by atoms with E-state index in [0.717, 1.165) is 176 Å². The molecule has 6 aliphatic carbocycles. The van der Waals surface area contributed by atoms with Crippen LogP contribution >= 0.6 is 0 Å². The Balaban J connectivity index is 0.000000113. The quantitative estimate of drug-likeness (QED) is 0.0340. The number of fused-ring (bicyclic) bond motifs is 14. The molecule has 10 aliphatic rings. The number of ether oxygens (including phenoxy) is 4. The molecule has 35 heteroatoms. The number of nitrogens with two attached hydrogens (primary N) is 4. The number of piperidine rings is 2. The van der Waals surface area contributed by atoms with Crippen molar-refractivity contribution in [2.45, 2.75) is 129 Å². The van der Waals surface area contributed by atoms with Gasteiger partial charge in [0.15, 0.2) is 0 Å². The highest BCUT2D eigenvalue weighted by atomic mass is 19.1. The van der Waals surface area contributed by atoms with E-state index in [1.807, 2.05) is 82.1 Å². The number of hydrogen-bond acceptors (Lipinski definition) is 29. The average molecular weight is 1780 g/mol. The van der Waals surface area contributed by atoms with Crippen molar-refractivity contribution in [2.75, 3.05) is 121 Å². The molecule has 12 aromatic rings. The third-order valence-corrected chi connectivity index (χ3v) is 26.5. The minimum Gasteiger partial charge on any atom is -0.423 e. The largest absolute Gasteiger partial charge is 0.423 e. The van der Waals surface area contributed by atoms with E-state index in [0.29, 0.717) is 121 Å². The maximum absolute atomic E-state index is 14.6. The zero-order valence-electron chi connectivity index (χ0n) is 74.1. The first kappa shape index (κ1) is 86.7. The summed E-state index contributed by atoms with van der Waals surface area (Å²) in [5.41, 5.74) is 44.2. The first-order valence-electron chi connectivity index (χ1n) is 44.3. The predicted octanol–water partition coefficient (Wildman–Crippen LogP) is 13.5. The Morgan fingerprint density at radius 3 is 1.16 bits per heavy atom. The molecule has 676 valence electrons. The number of nitrogens with zero attached hydrogens (tertiary/aromatic N) is 16. The lowest BCUT2D eigenvalue weighted by Crippen LogP contribution is -2.50. The van der Waals surface area contributed by atoms with E-state index in [1.165, 1.54) is 30.3 Å². The summed E-state index contributed by atoms with van der Waals surface area (Å²) in [4.78, 5) is 75.9. The number of nitrogens with one attached hydrogen (secondary N) is 5. The average Bonchev–Trinajstić information content (AvgIpc) is 1.68. The zero-order chi connectivity index (χ0) is 91.1. The van der Waals surface area contributed by atoms with Crippen LogP contribution in [0.4, 0.5) is 68.0 Å². The lowest BCUT2D eigenvalue weighted by Gasteiger charge is -2.40. The second kappa shape index (κ2) is 35.3. The highest BCUT2D eigenvalue weighted by molar-refractivity contribution is 5.93. The molecule has 1 amide bonds. The smallest absolute Gasteiger partial charge is 0.324 e. The zero-order valence-corrected chi connectivity index (χ0v) is 74.1. The van der Waals surface area contributed by atoms with Crippen molar-refractivity contribution in [2.24, 2.45) is 40.2 Å². The number of aromatic nitrogens is 12. The number of benzene rings is 4. The number of halogens is 5. The Hall–Kier alpha value is -13.6. The Kier molecular flexibility index (Phi) is 23.4. The second-order valence-corrected chi connectivity index (χ2v) is 35.3. The van der Waals surface area contributed by atoms with Crippen LogP contribution in [-0.4, -0.2) is 183 Å². The Morgan fingerprint density at radius 1 is 0.473 bits per heavy atom. The first-order valence-corrected chi connectivity index (χ1v) is 44.3. The topological polar surface area (TPSA) is 386 Å². The van der Waals surface area contributed by atoms with E-state index >= 15 is 0 Å². The molecule has 8 aromatic heterocycles. The van der Waals surface area contributed by atoms with Crippen LogP contribution < -0.4 is 88.1 Å². The van der Waals surface area contributed by atoms with Gasteiger partial charge in [0, 0.05) is 190 Å². The fraction of sp³-hybridized carbons (Fsp3) is 0.365. The SMILES string of the molecule is CNc1cc(F)cc2c1Cc1nc(Oc3ccc(C)nc3)nc(N3CC(CN)C3)c1-2.CNc1cc(F)cc2c1Cc1nc(Oc3ccc(C)nc3)nc(N3CC4CCC3C4N)c1-2.CNc1cc(F)cc2c1Cc1nc(Oc3ccc(C)nc3)nc(N3CC[C@H](N)[C@@H](F)C3)c1-2.CNc1cc(F)cc2c1Cc1nc(Oc3ccc(C)nc3)nc(N3C[C@@H](NC(=O)[C@H](C)N)C4(CC4)C3)c1-2. The molecule has 4 aromatic carbocycles. The number of aryl methyl sites for hydroxylation is 4. The van der Waals surface area contributed by atoms with Crippen LogP contribution in [-0.2, 0) is 30.5 Å². The summed E-state index contributed by atoms with van der Waals surface area (Å²) >= 11 is 0. The van der Waals surface area contributed by atoms with Gasteiger partial charge in [-0.1, -0.05) is 0 Å². The number of pyridine rings is 4. The van der Waals surface area contributed by atoms with Crippen molar-refractivity contribution in [1.82, 2.24) is 65.1 Å². The summed E-state index contributed by atoms with van der Waals surface area (Å²) in [5.74, 6) is 4.46. The molecule has 2 bridgehead atoms. The molecule has 3 unspecified atom stereocenters. The Labute approximate surface area is 753 Å². The molecule has 7 atom stereocenters. The molecule has 12 heterocycles. The summed E-state index contributed by atoms with van der Waals surface area (Å²) in [6, 6.07) is 27.1. The predicted molar refractivity (Wildman–Crippen MR) is 491 cm³/mol. The monoisotopic (exact) mass is 1780 g/mol. The van der Waals surface area contributed by atoms with Gasteiger partial charge >= 0.3 is 24.0 Å². The number of rotatable bonds is 19. The first-order chi connectivity index (χ1) is 63.2. The van der Waals surface area contributed by atoms with E-state index < -0.39 is 18.3 Å². The summed E-state index contributed by atoms with van der Waals surface area (Å²) in [6.45, 7) is 14.4. The number of amides is 1. The number of carbonyl (C=O) groups excluding carboxylic acids is 1. The van der Waals surface area contributed by atoms with Crippen molar-refractivity contribution in [3.63, 3.8) is 0 Å². The third kappa shape index (κ3) is 17.1. The van der Waals surface area contributed by atoms with E-state index in [9.17, 15) is 26.7 Å². The molecule has 4 saturated heterocycles. The van der Waals surface area contributed by atoms with Crippen LogP contribution in [0.15, 0.2) is 122 Å². The van der Waals surface area contributed by atoms with Gasteiger partial charge in [0.25, 0.3) is 0 Å². The minimum absolute atomic E-state index is 0.0101. The van der Waals surface area contributed by atoms with E-state index in [2.05, 4.69) is 76.2 Å². The number of alkyl halides is 1. The molecule has 2 saturated carbocycles. The summed E-state index contributed by atoms with van der Waals surface area (Å²) in [7, 11) is 7.14. The van der Waals surface area contributed by atoms with Crippen LogP contribution in [0.2, 0.25) is 0 Å². The van der Waals surface area contributed by atoms with Crippen LogP contribution in [0.5, 0.6) is 47.0 Å². The van der Waals surface area contributed by atoms with Gasteiger partial charge in [-0.05, 0) is 221 Å².